The fraction of sp³-hybridized carbons (Fsp3) is 0.467. The van der Waals surface area contributed by atoms with Gasteiger partial charge in [0, 0.05) is 26.1 Å². The third-order valence-electron chi connectivity index (χ3n) is 3.87. The van der Waals surface area contributed by atoms with E-state index in [1.54, 1.807) is 9.80 Å². The van der Waals surface area contributed by atoms with Gasteiger partial charge in [0.1, 0.15) is 6.54 Å². The number of nitrogens with one attached hydrogen (secondary N) is 1. The van der Waals surface area contributed by atoms with Crippen LogP contribution in [0.4, 0.5) is 11.4 Å². The highest BCUT2D eigenvalue weighted by Gasteiger charge is 2.27. The first kappa shape index (κ1) is 13.0. The lowest BCUT2D eigenvalue weighted by molar-refractivity contribution is -0.132. The summed E-state index contributed by atoms with van der Waals surface area (Å²) in [5, 5.41) is 3.34. The molecule has 0 unspecified atom stereocenters. The standard InChI is InChI=1S/C15H19N3O2/c19-14-7-3-9-17(14)11-15(20)18-10-4-8-16-12-5-1-2-6-13(12)18/h1-2,5-6,16H,3-4,7-11H2. The van der Waals surface area contributed by atoms with E-state index in [9.17, 15) is 9.59 Å². The molecule has 0 atom stereocenters. The molecule has 1 saturated heterocycles. The first-order valence-electron chi connectivity index (χ1n) is 7.17. The Hall–Kier alpha value is -2.04. The molecule has 3 rings (SSSR count). The molecule has 2 heterocycles. The molecule has 0 bridgehead atoms. The summed E-state index contributed by atoms with van der Waals surface area (Å²) in [6, 6.07) is 7.84. The average molecular weight is 273 g/mol. The summed E-state index contributed by atoms with van der Waals surface area (Å²) < 4.78 is 0. The number of hydrogen-bond acceptors (Lipinski definition) is 3. The molecule has 0 spiro atoms. The maximum Gasteiger partial charge on any atom is 0.246 e. The summed E-state index contributed by atoms with van der Waals surface area (Å²) in [6.07, 6.45) is 2.35. The van der Waals surface area contributed by atoms with Gasteiger partial charge in [-0.2, -0.15) is 0 Å². The predicted octanol–water partition coefficient (Wildman–Crippen LogP) is 1.46. The summed E-state index contributed by atoms with van der Waals surface area (Å²) in [5.41, 5.74) is 1.91. The van der Waals surface area contributed by atoms with Crippen molar-refractivity contribution in [1.82, 2.24) is 4.90 Å². The summed E-state index contributed by atoms with van der Waals surface area (Å²) in [7, 11) is 0. The molecule has 1 N–H and O–H groups in total. The van der Waals surface area contributed by atoms with E-state index in [0.717, 1.165) is 30.8 Å². The third kappa shape index (κ3) is 2.48. The van der Waals surface area contributed by atoms with E-state index in [-0.39, 0.29) is 18.4 Å². The minimum atomic E-state index is 0.0106. The lowest BCUT2D eigenvalue weighted by Crippen LogP contribution is -2.41. The molecular weight excluding hydrogens is 254 g/mol. The number of rotatable bonds is 2. The van der Waals surface area contributed by atoms with Crippen molar-refractivity contribution in [3.63, 3.8) is 0 Å². The van der Waals surface area contributed by atoms with E-state index in [0.29, 0.717) is 19.5 Å². The van der Waals surface area contributed by atoms with Crippen LogP contribution < -0.4 is 10.2 Å². The van der Waals surface area contributed by atoms with Gasteiger partial charge in [-0.1, -0.05) is 12.1 Å². The molecule has 1 aromatic carbocycles. The van der Waals surface area contributed by atoms with Gasteiger partial charge in [0.2, 0.25) is 11.8 Å². The Morgan fingerprint density at radius 3 is 2.85 bits per heavy atom. The molecule has 0 radical (unpaired) electrons. The Morgan fingerprint density at radius 2 is 2.05 bits per heavy atom. The Morgan fingerprint density at radius 1 is 1.20 bits per heavy atom. The zero-order valence-corrected chi connectivity index (χ0v) is 11.5. The number of benzene rings is 1. The van der Waals surface area contributed by atoms with Crippen LogP contribution >= 0.6 is 0 Å². The van der Waals surface area contributed by atoms with Crippen LogP contribution in [0.25, 0.3) is 0 Å². The van der Waals surface area contributed by atoms with Crippen molar-refractivity contribution in [2.24, 2.45) is 0 Å². The first-order valence-corrected chi connectivity index (χ1v) is 7.17. The lowest BCUT2D eigenvalue weighted by Gasteiger charge is -2.25. The number of para-hydroxylation sites is 2. The lowest BCUT2D eigenvalue weighted by atomic mass is 10.2. The molecule has 5 nitrogen and oxygen atoms in total. The first-order chi connectivity index (χ1) is 9.75. The van der Waals surface area contributed by atoms with E-state index in [1.165, 1.54) is 0 Å². The van der Waals surface area contributed by atoms with Crippen molar-refractivity contribution in [1.29, 1.82) is 0 Å². The minimum Gasteiger partial charge on any atom is -0.383 e. The van der Waals surface area contributed by atoms with Crippen LogP contribution in [0.15, 0.2) is 24.3 Å². The normalized spacial score (nSPS) is 18.5. The van der Waals surface area contributed by atoms with Crippen molar-refractivity contribution in [2.75, 3.05) is 36.4 Å². The largest absolute Gasteiger partial charge is 0.383 e. The Labute approximate surface area is 118 Å². The topological polar surface area (TPSA) is 52.7 Å². The molecule has 0 saturated carbocycles. The molecular formula is C15H19N3O2. The minimum absolute atomic E-state index is 0.0106. The van der Waals surface area contributed by atoms with Gasteiger partial charge in [-0.25, -0.2) is 0 Å². The molecule has 0 aliphatic carbocycles. The van der Waals surface area contributed by atoms with Gasteiger partial charge in [0.05, 0.1) is 11.4 Å². The van der Waals surface area contributed by atoms with Crippen molar-refractivity contribution in [3.05, 3.63) is 24.3 Å². The fourth-order valence-corrected chi connectivity index (χ4v) is 2.82. The Kier molecular flexibility index (Phi) is 3.58. The molecule has 5 heteroatoms. The highest BCUT2D eigenvalue weighted by Crippen LogP contribution is 2.28. The third-order valence-corrected chi connectivity index (χ3v) is 3.87. The molecule has 2 amide bonds. The maximum absolute atomic E-state index is 12.5. The number of anilines is 2. The number of likely N-dealkylation sites (tertiary alicyclic amines) is 1. The van der Waals surface area contributed by atoms with Gasteiger partial charge in [0.15, 0.2) is 0 Å². The fourth-order valence-electron chi connectivity index (χ4n) is 2.82. The Balaban J connectivity index is 1.78. The van der Waals surface area contributed by atoms with Gasteiger partial charge in [-0.15, -0.1) is 0 Å². The van der Waals surface area contributed by atoms with E-state index >= 15 is 0 Å². The van der Waals surface area contributed by atoms with E-state index < -0.39 is 0 Å². The average Bonchev–Trinajstić information content (AvgIpc) is 2.75. The van der Waals surface area contributed by atoms with Crippen molar-refractivity contribution in [3.8, 4) is 0 Å². The number of hydrogen-bond donors (Lipinski definition) is 1. The predicted molar refractivity (Wildman–Crippen MR) is 77.7 cm³/mol. The number of amides is 2. The maximum atomic E-state index is 12.5. The quantitative estimate of drug-likeness (QED) is 0.887. The van der Waals surface area contributed by atoms with Crippen molar-refractivity contribution < 1.29 is 9.59 Å². The van der Waals surface area contributed by atoms with Gasteiger partial charge in [-0.05, 0) is 25.0 Å². The number of carbonyl (C=O) groups excluding carboxylic acids is 2. The molecule has 106 valence electrons. The zero-order valence-electron chi connectivity index (χ0n) is 11.5. The second-order valence-electron chi connectivity index (χ2n) is 5.26. The van der Waals surface area contributed by atoms with Crippen LogP contribution in [0.5, 0.6) is 0 Å². The van der Waals surface area contributed by atoms with Crippen LogP contribution in [0, 0.1) is 0 Å². The number of nitrogens with zero attached hydrogens (tertiary/aromatic N) is 2. The molecule has 20 heavy (non-hydrogen) atoms. The monoisotopic (exact) mass is 273 g/mol. The second kappa shape index (κ2) is 5.53. The van der Waals surface area contributed by atoms with Gasteiger partial charge >= 0.3 is 0 Å². The van der Waals surface area contributed by atoms with E-state index in [4.69, 9.17) is 0 Å². The summed E-state index contributed by atoms with van der Waals surface area (Å²) in [4.78, 5) is 27.6. The van der Waals surface area contributed by atoms with Crippen molar-refractivity contribution in [2.45, 2.75) is 19.3 Å². The van der Waals surface area contributed by atoms with Crippen LogP contribution in [-0.4, -0.2) is 42.9 Å². The van der Waals surface area contributed by atoms with Gasteiger partial charge in [-0.3, -0.25) is 9.59 Å². The van der Waals surface area contributed by atoms with Crippen LogP contribution in [-0.2, 0) is 9.59 Å². The zero-order chi connectivity index (χ0) is 13.9. The highest BCUT2D eigenvalue weighted by molar-refractivity contribution is 5.99. The molecule has 2 aliphatic heterocycles. The molecule has 2 aliphatic rings. The summed E-state index contributed by atoms with van der Waals surface area (Å²) >= 11 is 0. The smallest absolute Gasteiger partial charge is 0.246 e. The highest BCUT2D eigenvalue weighted by atomic mass is 16.2. The Bertz CT molecular complexity index is 530. The molecule has 0 aromatic heterocycles. The van der Waals surface area contributed by atoms with Gasteiger partial charge < -0.3 is 15.1 Å². The van der Waals surface area contributed by atoms with E-state index in [2.05, 4.69) is 5.32 Å². The SMILES string of the molecule is O=C1CCCN1CC(=O)N1CCCNc2ccccc21. The van der Waals surface area contributed by atoms with E-state index in [1.807, 2.05) is 24.3 Å². The summed E-state index contributed by atoms with van der Waals surface area (Å²) in [6.45, 7) is 2.47. The van der Waals surface area contributed by atoms with Crippen LogP contribution in [0.3, 0.4) is 0 Å². The second-order valence-corrected chi connectivity index (χ2v) is 5.26. The van der Waals surface area contributed by atoms with Crippen molar-refractivity contribution >= 4 is 23.2 Å². The van der Waals surface area contributed by atoms with Crippen LogP contribution in [0.1, 0.15) is 19.3 Å². The summed E-state index contributed by atoms with van der Waals surface area (Å²) in [5.74, 6) is 0.107. The number of carbonyl (C=O) groups is 2. The number of fused-ring (bicyclic) bond motifs is 1. The van der Waals surface area contributed by atoms with Crippen LogP contribution in [0.2, 0.25) is 0 Å². The molecule has 1 fully saturated rings. The molecule has 1 aromatic rings. The van der Waals surface area contributed by atoms with Gasteiger partial charge in [0.25, 0.3) is 0 Å².